The van der Waals surface area contributed by atoms with Crippen molar-refractivity contribution in [2.24, 2.45) is 16.1 Å². The van der Waals surface area contributed by atoms with Crippen LogP contribution in [0.15, 0.2) is 9.60 Å². The standard InChI is InChI=1S/C17H23BrFN5O2/c1-17(2)8-6-4-5-7-23(8)16(25)9(17)14-21-11(18)10-13(20)22-15(26-3)12(19)24(10)14/h8-9,12,15H,4-7H2,1-3H3,(H2,20,22). The molecule has 142 valence electrons. The SMILES string of the molecule is COC1N=C(N)c2c(Br)nc(C3C(=O)N4CCCCC4C3(C)C)n2C1F. The summed E-state index contributed by atoms with van der Waals surface area (Å²) in [5, 5.41) is 0. The van der Waals surface area contributed by atoms with Gasteiger partial charge >= 0.3 is 0 Å². The number of halogens is 2. The van der Waals surface area contributed by atoms with Crippen molar-refractivity contribution in [1.82, 2.24) is 14.5 Å². The van der Waals surface area contributed by atoms with E-state index in [4.69, 9.17) is 10.5 Å². The third-order valence-corrected chi connectivity index (χ3v) is 6.58. The molecule has 3 aliphatic rings. The number of alkyl halides is 1. The number of fused-ring (bicyclic) bond motifs is 2. The number of aliphatic imine (C=N–C) groups is 1. The number of amides is 1. The molecule has 1 aromatic rings. The highest BCUT2D eigenvalue weighted by Gasteiger charge is 2.57. The van der Waals surface area contributed by atoms with Gasteiger partial charge in [-0.2, -0.15) is 0 Å². The molecule has 0 aliphatic carbocycles. The number of nitrogens with zero attached hydrogens (tertiary/aromatic N) is 4. The van der Waals surface area contributed by atoms with Crippen LogP contribution < -0.4 is 5.73 Å². The van der Waals surface area contributed by atoms with Crippen LogP contribution in [-0.2, 0) is 9.53 Å². The number of piperidine rings is 1. The van der Waals surface area contributed by atoms with E-state index in [1.165, 1.54) is 11.7 Å². The second kappa shape index (κ2) is 6.02. The van der Waals surface area contributed by atoms with Crippen molar-refractivity contribution < 1.29 is 13.9 Å². The topological polar surface area (TPSA) is 85.7 Å². The van der Waals surface area contributed by atoms with Crippen LogP contribution in [0.5, 0.6) is 0 Å². The maximum Gasteiger partial charge on any atom is 0.234 e. The highest BCUT2D eigenvalue weighted by Crippen LogP contribution is 2.51. The molecule has 2 saturated heterocycles. The van der Waals surface area contributed by atoms with Gasteiger partial charge in [-0.25, -0.2) is 14.4 Å². The summed E-state index contributed by atoms with van der Waals surface area (Å²) in [6.45, 7) is 4.90. The zero-order valence-corrected chi connectivity index (χ0v) is 16.7. The van der Waals surface area contributed by atoms with Gasteiger partial charge in [-0.1, -0.05) is 13.8 Å². The highest BCUT2D eigenvalue weighted by molar-refractivity contribution is 9.10. The molecule has 1 amide bonds. The Morgan fingerprint density at radius 2 is 2.12 bits per heavy atom. The number of rotatable bonds is 2. The molecule has 0 saturated carbocycles. The summed E-state index contributed by atoms with van der Waals surface area (Å²) in [5.41, 5.74) is 6.04. The fraction of sp³-hybridized carbons (Fsp3) is 0.706. The maximum atomic E-state index is 15.2. The molecule has 4 atom stereocenters. The number of ether oxygens (including phenoxy) is 1. The average Bonchev–Trinajstić information content (AvgIpc) is 3.04. The molecular formula is C17H23BrFN5O2. The molecule has 0 radical (unpaired) electrons. The quantitative estimate of drug-likeness (QED) is 0.784. The van der Waals surface area contributed by atoms with Crippen LogP contribution in [0, 0.1) is 5.41 Å². The van der Waals surface area contributed by atoms with E-state index < -0.39 is 18.4 Å². The normalized spacial score (nSPS) is 33.0. The second-order valence-electron chi connectivity index (χ2n) is 7.79. The van der Waals surface area contributed by atoms with Gasteiger partial charge in [0, 0.05) is 25.1 Å². The molecule has 4 heterocycles. The van der Waals surface area contributed by atoms with Crippen molar-refractivity contribution in [1.29, 1.82) is 0 Å². The predicted molar refractivity (Wildman–Crippen MR) is 97.5 cm³/mol. The zero-order valence-electron chi connectivity index (χ0n) is 15.1. The molecule has 4 unspecified atom stereocenters. The van der Waals surface area contributed by atoms with E-state index in [1.54, 1.807) is 0 Å². The van der Waals surface area contributed by atoms with Crippen LogP contribution in [0.4, 0.5) is 4.39 Å². The van der Waals surface area contributed by atoms with E-state index in [9.17, 15) is 4.79 Å². The van der Waals surface area contributed by atoms with Gasteiger partial charge in [-0.3, -0.25) is 9.36 Å². The summed E-state index contributed by atoms with van der Waals surface area (Å²) in [5.74, 6) is 0.0283. The number of hydrogen-bond acceptors (Lipinski definition) is 5. The fourth-order valence-corrected chi connectivity index (χ4v) is 5.32. The van der Waals surface area contributed by atoms with Crippen molar-refractivity contribution in [3.05, 3.63) is 16.1 Å². The highest BCUT2D eigenvalue weighted by atomic mass is 79.9. The molecule has 0 spiro atoms. The minimum atomic E-state index is -1.59. The summed E-state index contributed by atoms with van der Waals surface area (Å²) >= 11 is 3.37. The van der Waals surface area contributed by atoms with Gasteiger partial charge in [-0.05, 0) is 35.2 Å². The number of nitrogens with two attached hydrogens (primary N) is 1. The molecule has 0 aromatic carbocycles. The first-order chi connectivity index (χ1) is 12.3. The van der Waals surface area contributed by atoms with Gasteiger partial charge in [0.2, 0.25) is 18.4 Å². The van der Waals surface area contributed by atoms with Gasteiger partial charge in [-0.15, -0.1) is 0 Å². The molecule has 1 aromatic heterocycles. The lowest BCUT2D eigenvalue weighted by molar-refractivity contribution is -0.131. The molecule has 0 bridgehead atoms. The monoisotopic (exact) mass is 427 g/mol. The van der Waals surface area contributed by atoms with Crippen LogP contribution in [0.1, 0.15) is 56.8 Å². The van der Waals surface area contributed by atoms with Crippen molar-refractivity contribution in [2.45, 2.75) is 57.6 Å². The lowest BCUT2D eigenvalue weighted by atomic mass is 9.74. The predicted octanol–water partition coefficient (Wildman–Crippen LogP) is 2.31. The summed E-state index contributed by atoms with van der Waals surface area (Å²) in [6, 6.07) is 0.145. The Bertz CT molecular complexity index is 792. The van der Waals surface area contributed by atoms with Crippen molar-refractivity contribution >= 4 is 27.7 Å². The number of methoxy groups -OCH3 is 1. The number of amidine groups is 1. The number of imidazole rings is 1. The van der Waals surface area contributed by atoms with Gasteiger partial charge in [0.05, 0.1) is 0 Å². The van der Waals surface area contributed by atoms with Crippen molar-refractivity contribution in [3.63, 3.8) is 0 Å². The Hall–Kier alpha value is -1.48. The lowest BCUT2D eigenvalue weighted by Gasteiger charge is -2.37. The van der Waals surface area contributed by atoms with E-state index in [1.807, 2.05) is 4.90 Å². The Morgan fingerprint density at radius 1 is 1.38 bits per heavy atom. The lowest BCUT2D eigenvalue weighted by Crippen LogP contribution is -2.41. The van der Waals surface area contributed by atoms with E-state index in [2.05, 4.69) is 39.8 Å². The van der Waals surface area contributed by atoms with Crippen molar-refractivity contribution in [2.75, 3.05) is 13.7 Å². The summed E-state index contributed by atoms with van der Waals surface area (Å²) in [7, 11) is 1.38. The average molecular weight is 428 g/mol. The Morgan fingerprint density at radius 3 is 2.77 bits per heavy atom. The van der Waals surface area contributed by atoms with Crippen LogP contribution in [0.3, 0.4) is 0 Å². The largest absolute Gasteiger partial charge is 0.382 e. The van der Waals surface area contributed by atoms with Gasteiger partial charge in [0.1, 0.15) is 27.9 Å². The summed E-state index contributed by atoms with van der Waals surface area (Å²) in [4.78, 5) is 23.8. The van der Waals surface area contributed by atoms with E-state index in [0.717, 1.165) is 25.8 Å². The smallest absolute Gasteiger partial charge is 0.234 e. The Kier molecular flexibility index (Phi) is 4.15. The van der Waals surface area contributed by atoms with Crippen LogP contribution >= 0.6 is 15.9 Å². The number of carbonyl (C=O) groups is 1. The van der Waals surface area contributed by atoms with E-state index >= 15 is 4.39 Å². The molecule has 2 N–H and O–H groups in total. The second-order valence-corrected chi connectivity index (χ2v) is 8.54. The number of carbonyl (C=O) groups excluding carboxylic acids is 1. The summed E-state index contributed by atoms with van der Waals surface area (Å²) < 4.78 is 22.1. The minimum Gasteiger partial charge on any atom is -0.382 e. The first-order valence-electron chi connectivity index (χ1n) is 8.87. The minimum absolute atomic E-state index is 0.0160. The molecular weight excluding hydrogens is 405 g/mol. The molecule has 3 aliphatic heterocycles. The fourth-order valence-electron chi connectivity index (χ4n) is 4.74. The number of hydrogen-bond donors (Lipinski definition) is 1. The van der Waals surface area contributed by atoms with Gasteiger partial charge in [0.15, 0.2) is 0 Å². The molecule has 9 heteroatoms. The first kappa shape index (κ1) is 17.9. The van der Waals surface area contributed by atoms with Gasteiger partial charge in [0.25, 0.3) is 0 Å². The van der Waals surface area contributed by atoms with E-state index in [0.29, 0.717) is 16.1 Å². The van der Waals surface area contributed by atoms with E-state index in [-0.39, 0.29) is 23.2 Å². The maximum absolute atomic E-state index is 15.2. The van der Waals surface area contributed by atoms with Crippen LogP contribution in [0.2, 0.25) is 0 Å². The first-order valence-corrected chi connectivity index (χ1v) is 9.67. The number of aromatic nitrogens is 2. The van der Waals surface area contributed by atoms with Crippen LogP contribution in [0.25, 0.3) is 0 Å². The third-order valence-electron chi connectivity index (χ3n) is 6.02. The third kappa shape index (κ3) is 2.29. The zero-order chi connectivity index (χ0) is 18.8. The molecule has 2 fully saturated rings. The molecule has 26 heavy (non-hydrogen) atoms. The van der Waals surface area contributed by atoms with Gasteiger partial charge < -0.3 is 15.4 Å². The van der Waals surface area contributed by atoms with Crippen LogP contribution in [-0.4, -0.2) is 52.1 Å². The van der Waals surface area contributed by atoms with Crippen molar-refractivity contribution in [3.8, 4) is 0 Å². The molecule has 7 nitrogen and oxygen atoms in total. The Balaban J connectivity index is 1.86. The summed E-state index contributed by atoms with van der Waals surface area (Å²) in [6.07, 6.45) is 0.436. The molecule has 4 rings (SSSR count). The Labute approximate surface area is 159 Å².